The number of likely N-dealkylation sites (tertiary alicyclic amines) is 1. The molecule has 5 nitrogen and oxygen atoms in total. The number of nitrogens with one attached hydrogen (secondary N) is 1. The third-order valence-electron chi connectivity index (χ3n) is 5.12. The summed E-state index contributed by atoms with van der Waals surface area (Å²) in [5.41, 5.74) is 1.46. The van der Waals surface area contributed by atoms with Crippen LogP contribution in [0.15, 0.2) is 46.9 Å². The first-order valence-corrected chi connectivity index (χ1v) is 10.9. The van der Waals surface area contributed by atoms with Crippen LogP contribution in [0.2, 0.25) is 0 Å². The largest absolute Gasteiger partial charge is 0.493 e. The molecular weight excluding hydrogens is 432 g/mol. The van der Waals surface area contributed by atoms with Crippen LogP contribution in [-0.4, -0.2) is 36.4 Å². The Morgan fingerprint density at radius 1 is 1.14 bits per heavy atom. The van der Waals surface area contributed by atoms with Gasteiger partial charge >= 0.3 is 0 Å². The Morgan fingerprint density at radius 2 is 1.86 bits per heavy atom. The number of para-hydroxylation sites is 1. The lowest BCUT2D eigenvalue weighted by atomic mass is 9.98. The van der Waals surface area contributed by atoms with E-state index in [1.54, 1.807) is 24.3 Å². The Balaban J connectivity index is 1.82. The molecule has 1 aliphatic heterocycles. The van der Waals surface area contributed by atoms with Gasteiger partial charge in [0.15, 0.2) is 0 Å². The maximum Gasteiger partial charge on any atom is 0.259 e. The van der Waals surface area contributed by atoms with Gasteiger partial charge in [-0.05, 0) is 55.5 Å². The molecular formula is C23H27BrN2O3. The van der Waals surface area contributed by atoms with Crippen LogP contribution >= 0.6 is 15.9 Å². The number of benzene rings is 2. The highest BCUT2D eigenvalue weighted by atomic mass is 79.9. The van der Waals surface area contributed by atoms with E-state index >= 15 is 0 Å². The van der Waals surface area contributed by atoms with E-state index in [0.29, 0.717) is 35.1 Å². The van der Waals surface area contributed by atoms with Crippen molar-refractivity contribution in [3.05, 3.63) is 58.1 Å². The van der Waals surface area contributed by atoms with Crippen molar-refractivity contribution in [2.24, 2.45) is 5.92 Å². The summed E-state index contributed by atoms with van der Waals surface area (Å²) in [4.78, 5) is 27.9. The number of nitrogens with zero attached hydrogens (tertiary/aromatic N) is 1. The van der Waals surface area contributed by atoms with Crippen LogP contribution in [0.4, 0.5) is 5.69 Å². The van der Waals surface area contributed by atoms with Gasteiger partial charge in [0.05, 0.1) is 23.4 Å². The lowest BCUT2D eigenvalue weighted by Crippen LogP contribution is -2.38. The van der Waals surface area contributed by atoms with Gasteiger partial charge in [-0.15, -0.1) is 0 Å². The maximum absolute atomic E-state index is 13.1. The second-order valence-electron chi connectivity index (χ2n) is 7.46. The molecule has 0 bridgehead atoms. The molecule has 1 aliphatic rings. The summed E-state index contributed by atoms with van der Waals surface area (Å²) in [5, 5.41) is 2.91. The first kappa shape index (κ1) is 21.4. The topological polar surface area (TPSA) is 58.6 Å². The Hall–Kier alpha value is -2.34. The van der Waals surface area contributed by atoms with E-state index < -0.39 is 0 Å². The van der Waals surface area contributed by atoms with Crippen molar-refractivity contribution in [1.82, 2.24) is 4.90 Å². The predicted molar refractivity (Wildman–Crippen MR) is 119 cm³/mol. The predicted octanol–water partition coefficient (Wildman–Crippen LogP) is 5.36. The number of carbonyl (C=O) groups is 2. The van der Waals surface area contributed by atoms with Crippen LogP contribution in [0, 0.1) is 5.92 Å². The van der Waals surface area contributed by atoms with Crippen molar-refractivity contribution in [3.8, 4) is 5.75 Å². The van der Waals surface area contributed by atoms with Crippen molar-refractivity contribution in [1.29, 1.82) is 0 Å². The number of hydrogen-bond donors (Lipinski definition) is 1. The van der Waals surface area contributed by atoms with E-state index in [2.05, 4.69) is 28.2 Å². The fourth-order valence-electron chi connectivity index (χ4n) is 3.37. The molecule has 1 heterocycles. The summed E-state index contributed by atoms with van der Waals surface area (Å²) < 4.78 is 6.52. The normalized spacial score (nSPS) is 14.5. The molecule has 6 heteroatoms. The molecule has 3 rings (SSSR count). The zero-order chi connectivity index (χ0) is 20.8. The SMILES string of the molecule is CCCOc1ccc(Br)cc1C(=O)Nc1ccccc1C(=O)N1CCC(C)CC1. The molecule has 1 saturated heterocycles. The van der Waals surface area contributed by atoms with Crippen molar-refractivity contribution >= 4 is 33.4 Å². The van der Waals surface area contributed by atoms with E-state index in [0.717, 1.165) is 36.8 Å². The molecule has 2 aromatic rings. The molecule has 0 aliphatic carbocycles. The van der Waals surface area contributed by atoms with Crippen molar-refractivity contribution < 1.29 is 14.3 Å². The number of ether oxygens (including phenoxy) is 1. The molecule has 0 spiro atoms. The first-order valence-electron chi connectivity index (χ1n) is 10.1. The van der Waals surface area contributed by atoms with Crippen molar-refractivity contribution in [2.75, 3.05) is 25.0 Å². The minimum atomic E-state index is -0.301. The Bertz CT molecular complexity index is 876. The van der Waals surface area contributed by atoms with Gasteiger partial charge in [-0.25, -0.2) is 0 Å². The number of halogens is 1. The highest BCUT2D eigenvalue weighted by Gasteiger charge is 2.24. The van der Waals surface area contributed by atoms with Gasteiger partial charge in [0, 0.05) is 17.6 Å². The molecule has 0 saturated carbocycles. The standard InChI is InChI=1S/C23H27BrN2O3/c1-3-14-29-21-9-8-17(24)15-19(21)22(27)25-20-7-5-4-6-18(20)23(28)26-12-10-16(2)11-13-26/h4-9,15-16H,3,10-14H2,1-2H3,(H,25,27). The second-order valence-corrected chi connectivity index (χ2v) is 8.38. The highest BCUT2D eigenvalue weighted by Crippen LogP contribution is 2.26. The fourth-order valence-corrected chi connectivity index (χ4v) is 3.73. The number of rotatable bonds is 6. The summed E-state index contributed by atoms with van der Waals surface area (Å²) in [6, 6.07) is 12.5. The molecule has 0 radical (unpaired) electrons. The van der Waals surface area contributed by atoms with Gasteiger partial charge in [0.2, 0.25) is 0 Å². The van der Waals surface area contributed by atoms with E-state index in [9.17, 15) is 9.59 Å². The lowest BCUT2D eigenvalue weighted by Gasteiger charge is -2.30. The smallest absolute Gasteiger partial charge is 0.259 e. The summed E-state index contributed by atoms with van der Waals surface area (Å²) >= 11 is 3.42. The van der Waals surface area contributed by atoms with Crippen LogP contribution in [0.25, 0.3) is 0 Å². The Morgan fingerprint density at radius 3 is 2.59 bits per heavy atom. The lowest BCUT2D eigenvalue weighted by molar-refractivity contribution is 0.0698. The Kier molecular flexibility index (Phi) is 7.31. The van der Waals surface area contributed by atoms with Crippen LogP contribution in [0.5, 0.6) is 5.75 Å². The van der Waals surface area contributed by atoms with Gasteiger partial charge in [-0.1, -0.05) is 41.9 Å². The van der Waals surface area contributed by atoms with Gasteiger partial charge < -0.3 is 15.0 Å². The molecule has 2 aromatic carbocycles. The number of amides is 2. The molecule has 1 N–H and O–H groups in total. The van der Waals surface area contributed by atoms with Crippen molar-refractivity contribution in [2.45, 2.75) is 33.1 Å². The van der Waals surface area contributed by atoms with E-state index in [4.69, 9.17) is 4.74 Å². The third-order valence-corrected chi connectivity index (χ3v) is 5.62. The number of carbonyl (C=O) groups excluding carboxylic acids is 2. The molecule has 154 valence electrons. The quantitative estimate of drug-likeness (QED) is 0.633. The minimum absolute atomic E-state index is 0.0375. The molecule has 2 amide bonds. The number of hydrogen-bond acceptors (Lipinski definition) is 3. The molecule has 0 atom stereocenters. The summed E-state index contributed by atoms with van der Waals surface area (Å²) in [6.45, 7) is 6.27. The van der Waals surface area contributed by atoms with E-state index in [1.165, 1.54) is 0 Å². The number of piperidine rings is 1. The van der Waals surface area contributed by atoms with Crippen LogP contribution in [0.3, 0.4) is 0 Å². The average Bonchev–Trinajstić information content (AvgIpc) is 2.73. The third kappa shape index (κ3) is 5.38. The first-order chi connectivity index (χ1) is 14.0. The van der Waals surface area contributed by atoms with Crippen molar-refractivity contribution in [3.63, 3.8) is 0 Å². The molecule has 1 fully saturated rings. The van der Waals surface area contributed by atoms with Gasteiger partial charge in [-0.3, -0.25) is 9.59 Å². The highest BCUT2D eigenvalue weighted by molar-refractivity contribution is 9.10. The van der Waals surface area contributed by atoms with E-state index in [1.807, 2.05) is 30.0 Å². The van der Waals surface area contributed by atoms with Gasteiger partial charge in [-0.2, -0.15) is 0 Å². The second kappa shape index (κ2) is 9.92. The zero-order valence-electron chi connectivity index (χ0n) is 16.9. The van der Waals surface area contributed by atoms with Crippen LogP contribution in [-0.2, 0) is 0 Å². The average molecular weight is 459 g/mol. The molecule has 29 heavy (non-hydrogen) atoms. The summed E-state index contributed by atoms with van der Waals surface area (Å²) in [7, 11) is 0. The Labute approximate surface area is 180 Å². The van der Waals surface area contributed by atoms with Gasteiger partial charge in [0.25, 0.3) is 11.8 Å². The van der Waals surface area contributed by atoms with Crippen LogP contribution < -0.4 is 10.1 Å². The number of anilines is 1. The molecule has 0 aromatic heterocycles. The van der Waals surface area contributed by atoms with E-state index in [-0.39, 0.29) is 11.8 Å². The van der Waals surface area contributed by atoms with Gasteiger partial charge in [0.1, 0.15) is 5.75 Å². The monoisotopic (exact) mass is 458 g/mol. The van der Waals surface area contributed by atoms with Crippen LogP contribution in [0.1, 0.15) is 53.8 Å². The summed E-state index contributed by atoms with van der Waals surface area (Å²) in [6.07, 6.45) is 2.87. The zero-order valence-corrected chi connectivity index (χ0v) is 18.5. The molecule has 0 unspecified atom stereocenters. The summed E-state index contributed by atoms with van der Waals surface area (Å²) in [5.74, 6) is 0.836. The fraction of sp³-hybridized carbons (Fsp3) is 0.391. The maximum atomic E-state index is 13.1. The minimum Gasteiger partial charge on any atom is -0.493 e.